The van der Waals surface area contributed by atoms with E-state index in [0.717, 1.165) is 25.9 Å². The van der Waals surface area contributed by atoms with E-state index in [9.17, 15) is 9.59 Å². The Labute approximate surface area is 95.3 Å². The fourth-order valence-electron chi connectivity index (χ4n) is 1.77. The Morgan fingerprint density at radius 2 is 2.31 bits per heavy atom. The number of carbonyl (C=O) groups excluding carboxylic acids is 2. The minimum atomic E-state index is -0.708. The zero-order valence-corrected chi connectivity index (χ0v) is 9.78. The van der Waals surface area contributed by atoms with Gasteiger partial charge in [-0.25, -0.2) is 4.79 Å². The zero-order valence-electron chi connectivity index (χ0n) is 9.78. The molecule has 0 saturated carbocycles. The van der Waals surface area contributed by atoms with Crippen molar-refractivity contribution in [3.63, 3.8) is 0 Å². The molecule has 0 aromatic heterocycles. The first-order valence-electron chi connectivity index (χ1n) is 5.42. The summed E-state index contributed by atoms with van der Waals surface area (Å²) in [5, 5.41) is 5.41. The lowest BCUT2D eigenvalue weighted by Gasteiger charge is -2.30. The van der Waals surface area contributed by atoms with Crippen molar-refractivity contribution in [1.29, 1.82) is 0 Å². The maximum Gasteiger partial charge on any atom is 0.413 e. The second-order valence-electron chi connectivity index (χ2n) is 3.96. The Morgan fingerprint density at radius 1 is 1.56 bits per heavy atom. The Bertz CT molecular complexity index is 252. The van der Waals surface area contributed by atoms with Crippen molar-refractivity contribution in [2.75, 3.05) is 33.8 Å². The molecule has 1 unspecified atom stereocenters. The second kappa shape index (κ2) is 6.44. The monoisotopic (exact) mass is 229 g/mol. The number of imide groups is 1. The number of likely N-dealkylation sites (N-methyl/N-ethyl adjacent to an activating group) is 1. The largest absolute Gasteiger partial charge is 0.453 e. The van der Waals surface area contributed by atoms with Gasteiger partial charge in [0.15, 0.2) is 0 Å². The maximum absolute atomic E-state index is 11.4. The van der Waals surface area contributed by atoms with Gasteiger partial charge in [0.2, 0.25) is 5.91 Å². The van der Waals surface area contributed by atoms with E-state index >= 15 is 0 Å². The first-order valence-corrected chi connectivity index (χ1v) is 5.42. The van der Waals surface area contributed by atoms with Gasteiger partial charge in [-0.05, 0) is 26.4 Å². The number of alkyl carbamates (subject to hydrolysis) is 1. The van der Waals surface area contributed by atoms with E-state index in [1.165, 1.54) is 7.11 Å². The number of ether oxygens (including phenoxy) is 1. The Kier molecular flexibility index (Phi) is 5.21. The van der Waals surface area contributed by atoms with Gasteiger partial charge in [-0.2, -0.15) is 0 Å². The van der Waals surface area contributed by atoms with Crippen molar-refractivity contribution < 1.29 is 14.3 Å². The minimum Gasteiger partial charge on any atom is -0.453 e. The van der Waals surface area contributed by atoms with Crippen LogP contribution in [0.15, 0.2) is 0 Å². The number of nitrogens with one attached hydrogen (secondary N) is 2. The van der Waals surface area contributed by atoms with Gasteiger partial charge in [-0.3, -0.25) is 15.0 Å². The standard InChI is InChI=1S/C10H19N3O3/c1-13(8-4-3-5-11-6-8)7-9(14)12-10(15)16-2/h8,11H,3-7H2,1-2H3,(H,12,14,15). The number of hydrogen-bond acceptors (Lipinski definition) is 5. The summed E-state index contributed by atoms with van der Waals surface area (Å²) < 4.78 is 4.35. The molecule has 2 amide bonds. The fourth-order valence-corrected chi connectivity index (χ4v) is 1.77. The molecule has 0 spiro atoms. The molecular weight excluding hydrogens is 210 g/mol. The van der Waals surface area contributed by atoms with E-state index < -0.39 is 6.09 Å². The molecule has 1 rings (SSSR count). The summed E-state index contributed by atoms with van der Waals surface area (Å²) in [5.74, 6) is -0.333. The van der Waals surface area contributed by atoms with E-state index in [2.05, 4.69) is 15.4 Å². The molecular formula is C10H19N3O3. The Balaban J connectivity index is 2.29. The van der Waals surface area contributed by atoms with Crippen molar-refractivity contribution in [3.8, 4) is 0 Å². The normalized spacial score (nSPS) is 20.6. The molecule has 1 aliphatic heterocycles. The lowest BCUT2D eigenvalue weighted by Crippen LogP contribution is -2.48. The molecule has 1 fully saturated rings. The van der Waals surface area contributed by atoms with E-state index in [-0.39, 0.29) is 12.5 Å². The highest BCUT2D eigenvalue weighted by molar-refractivity contribution is 5.92. The number of nitrogens with zero attached hydrogens (tertiary/aromatic N) is 1. The first kappa shape index (κ1) is 12.9. The Morgan fingerprint density at radius 3 is 2.88 bits per heavy atom. The van der Waals surface area contributed by atoms with Gasteiger partial charge in [0.05, 0.1) is 13.7 Å². The summed E-state index contributed by atoms with van der Waals surface area (Å²) >= 11 is 0. The number of piperidine rings is 1. The SMILES string of the molecule is COC(=O)NC(=O)CN(C)C1CCCNC1. The summed E-state index contributed by atoms with van der Waals surface area (Å²) in [7, 11) is 3.12. The Hall–Kier alpha value is -1.14. The minimum absolute atomic E-state index is 0.210. The van der Waals surface area contributed by atoms with Crippen LogP contribution in [0, 0.1) is 0 Å². The van der Waals surface area contributed by atoms with Crippen LogP contribution >= 0.6 is 0 Å². The zero-order chi connectivity index (χ0) is 12.0. The third-order valence-electron chi connectivity index (χ3n) is 2.71. The average Bonchev–Trinajstić information content (AvgIpc) is 2.29. The van der Waals surface area contributed by atoms with Crippen molar-refractivity contribution in [2.24, 2.45) is 0 Å². The molecule has 0 aromatic carbocycles. The number of rotatable bonds is 3. The van der Waals surface area contributed by atoms with E-state index in [0.29, 0.717) is 6.04 Å². The molecule has 1 atom stereocenters. The third-order valence-corrected chi connectivity index (χ3v) is 2.71. The van der Waals surface area contributed by atoms with Crippen LogP contribution < -0.4 is 10.6 Å². The summed E-state index contributed by atoms with van der Waals surface area (Å²) in [5.41, 5.74) is 0. The topological polar surface area (TPSA) is 70.7 Å². The summed E-state index contributed by atoms with van der Waals surface area (Å²) in [6, 6.07) is 0.358. The van der Waals surface area contributed by atoms with Crippen molar-refractivity contribution in [1.82, 2.24) is 15.5 Å². The van der Waals surface area contributed by atoms with Crippen LogP contribution in [-0.2, 0) is 9.53 Å². The molecule has 92 valence electrons. The molecule has 6 heteroatoms. The highest BCUT2D eigenvalue weighted by Crippen LogP contribution is 2.07. The van der Waals surface area contributed by atoms with Gasteiger partial charge < -0.3 is 10.1 Å². The van der Waals surface area contributed by atoms with Gasteiger partial charge >= 0.3 is 6.09 Å². The van der Waals surface area contributed by atoms with Gasteiger partial charge in [-0.15, -0.1) is 0 Å². The fraction of sp³-hybridized carbons (Fsp3) is 0.800. The van der Waals surface area contributed by atoms with Crippen LogP contribution in [0.4, 0.5) is 4.79 Å². The molecule has 6 nitrogen and oxygen atoms in total. The number of hydrogen-bond donors (Lipinski definition) is 2. The number of carbonyl (C=O) groups is 2. The molecule has 16 heavy (non-hydrogen) atoms. The predicted molar refractivity (Wildman–Crippen MR) is 59.1 cm³/mol. The molecule has 0 bridgehead atoms. The third kappa shape index (κ3) is 4.16. The quantitative estimate of drug-likeness (QED) is 0.686. The van der Waals surface area contributed by atoms with Crippen molar-refractivity contribution >= 4 is 12.0 Å². The maximum atomic E-state index is 11.4. The number of methoxy groups -OCH3 is 1. The lowest BCUT2D eigenvalue weighted by atomic mass is 10.1. The molecule has 2 N–H and O–H groups in total. The summed E-state index contributed by atoms with van der Waals surface area (Å²) in [4.78, 5) is 24.1. The van der Waals surface area contributed by atoms with Gasteiger partial charge in [-0.1, -0.05) is 0 Å². The van der Waals surface area contributed by atoms with Crippen LogP contribution in [0.1, 0.15) is 12.8 Å². The van der Waals surface area contributed by atoms with E-state index in [1.54, 1.807) is 0 Å². The van der Waals surface area contributed by atoms with Crippen LogP contribution in [0.3, 0.4) is 0 Å². The number of amides is 2. The predicted octanol–water partition coefficient (Wildman–Crippen LogP) is -0.447. The van der Waals surface area contributed by atoms with Gasteiger partial charge in [0.1, 0.15) is 0 Å². The van der Waals surface area contributed by atoms with Crippen LogP contribution in [0.5, 0.6) is 0 Å². The van der Waals surface area contributed by atoms with Crippen LogP contribution in [-0.4, -0.2) is 56.7 Å². The molecule has 0 aromatic rings. The van der Waals surface area contributed by atoms with E-state index in [1.807, 2.05) is 11.9 Å². The molecule has 0 radical (unpaired) electrons. The summed E-state index contributed by atoms with van der Waals surface area (Å²) in [6.45, 7) is 2.14. The lowest BCUT2D eigenvalue weighted by molar-refractivity contribution is -0.121. The van der Waals surface area contributed by atoms with Crippen LogP contribution in [0.2, 0.25) is 0 Å². The van der Waals surface area contributed by atoms with Crippen LogP contribution in [0.25, 0.3) is 0 Å². The molecule has 1 aliphatic rings. The highest BCUT2D eigenvalue weighted by Gasteiger charge is 2.20. The average molecular weight is 229 g/mol. The second-order valence-corrected chi connectivity index (χ2v) is 3.96. The van der Waals surface area contributed by atoms with Gasteiger partial charge in [0.25, 0.3) is 0 Å². The van der Waals surface area contributed by atoms with Crippen molar-refractivity contribution in [2.45, 2.75) is 18.9 Å². The van der Waals surface area contributed by atoms with Gasteiger partial charge in [0, 0.05) is 12.6 Å². The molecule has 1 saturated heterocycles. The highest BCUT2D eigenvalue weighted by atomic mass is 16.5. The summed E-state index contributed by atoms with van der Waals surface area (Å²) in [6.07, 6.45) is 1.49. The molecule has 0 aliphatic carbocycles. The van der Waals surface area contributed by atoms with Crippen molar-refractivity contribution in [3.05, 3.63) is 0 Å². The van der Waals surface area contributed by atoms with E-state index in [4.69, 9.17) is 0 Å². The smallest absolute Gasteiger partial charge is 0.413 e. The molecule has 1 heterocycles. The first-order chi connectivity index (χ1) is 7.63.